The predicted molar refractivity (Wildman–Crippen MR) is 70.5 cm³/mol. The van der Waals surface area contributed by atoms with Gasteiger partial charge in [-0.2, -0.15) is 0 Å². The van der Waals surface area contributed by atoms with Crippen molar-refractivity contribution >= 4 is 17.3 Å². The Balaban J connectivity index is 2.95. The maximum Gasteiger partial charge on any atom is 0.274 e. The van der Waals surface area contributed by atoms with Crippen LogP contribution in [0.25, 0.3) is 0 Å². The summed E-state index contributed by atoms with van der Waals surface area (Å²) < 4.78 is 0. The van der Waals surface area contributed by atoms with Crippen molar-refractivity contribution in [2.45, 2.75) is 33.6 Å². The topological polar surface area (TPSA) is 72.2 Å². The molecule has 0 bridgehead atoms. The van der Waals surface area contributed by atoms with Gasteiger partial charge in [0.2, 0.25) is 5.91 Å². The van der Waals surface area contributed by atoms with Gasteiger partial charge in [-0.3, -0.25) is 14.9 Å². The molecular weight excluding hydrogens is 232 g/mol. The summed E-state index contributed by atoms with van der Waals surface area (Å²) in [5.74, 6) is -0.132. The molecule has 0 spiro atoms. The van der Waals surface area contributed by atoms with Crippen LogP contribution in [0.1, 0.15) is 32.3 Å². The van der Waals surface area contributed by atoms with Crippen LogP contribution in [0.5, 0.6) is 0 Å². The monoisotopic (exact) mass is 250 g/mol. The molecule has 1 rings (SSSR count). The van der Waals surface area contributed by atoms with E-state index in [0.29, 0.717) is 11.3 Å². The van der Waals surface area contributed by atoms with Crippen LogP contribution >= 0.6 is 0 Å². The molecule has 1 aromatic carbocycles. The molecule has 1 aromatic rings. The summed E-state index contributed by atoms with van der Waals surface area (Å²) in [6.07, 6.45) is 1.52. The van der Waals surface area contributed by atoms with Gasteiger partial charge in [-0.25, -0.2) is 0 Å². The van der Waals surface area contributed by atoms with Crippen molar-refractivity contribution in [1.29, 1.82) is 0 Å². The molecule has 0 aliphatic heterocycles. The number of hydrogen-bond donors (Lipinski definition) is 1. The number of benzene rings is 1. The van der Waals surface area contributed by atoms with Crippen molar-refractivity contribution in [3.05, 3.63) is 33.9 Å². The van der Waals surface area contributed by atoms with E-state index in [2.05, 4.69) is 5.32 Å². The third kappa shape index (κ3) is 3.06. The molecule has 0 aliphatic carbocycles. The van der Waals surface area contributed by atoms with E-state index in [1.165, 1.54) is 6.07 Å². The fourth-order valence-corrected chi connectivity index (χ4v) is 1.85. The summed E-state index contributed by atoms with van der Waals surface area (Å²) in [4.78, 5) is 22.3. The second-order valence-corrected chi connectivity index (χ2v) is 4.21. The fourth-order valence-electron chi connectivity index (χ4n) is 1.85. The van der Waals surface area contributed by atoms with Gasteiger partial charge in [-0.15, -0.1) is 0 Å². The Bertz CT molecular complexity index is 454. The van der Waals surface area contributed by atoms with Gasteiger partial charge >= 0.3 is 0 Å². The Morgan fingerprint density at radius 1 is 1.39 bits per heavy atom. The highest BCUT2D eigenvalue weighted by Crippen LogP contribution is 2.25. The Morgan fingerprint density at radius 3 is 2.50 bits per heavy atom. The van der Waals surface area contributed by atoms with Crippen LogP contribution in [0.15, 0.2) is 18.2 Å². The van der Waals surface area contributed by atoms with E-state index in [-0.39, 0.29) is 17.5 Å². The molecule has 18 heavy (non-hydrogen) atoms. The first-order valence-corrected chi connectivity index (χ1v) is 6.06. The lowest BCUT2D eigenvalue weighted by atomic mass is 10.0. The number of nitro benzene ring substituents is 1. The van der Waals surface area contributed by atoms with E-state index in [4.69, 9.17) is 0 Å². The third-order valence-electron chi connectivity index (χ3n) is 3.12. The van der Waals surface area contributed by atoms with Gasteiger partial charge < -0.3 is 5.32 Å². The molecule has 98 valence electrons. The zero-order valence-electron chi connectivity index (χ0n) is 10.9. The number of hydrogen-bond acceptors (Lipinski definition) is 3. The van der Waals surface area contributed by atoms with Crippen molar-refractivity contribution in [2.24, 2.45) is 5.92 Å². The average molecular weight is 250 g/mol. The Labute approximate surface area is 106 Å². The first-order chi connectivity index (χ1) is 8.51. The number of nitrogens with one attached hydrogen (secondary N) is 1. The number of amides is 1. The standard InChI is InChI=1S/C13H18N2O3/c1-4-10(5-2)13(16)14-11-7-6-8-12(9(11)3)15(17)18/h6-8,10H,4-5H2,1-3H3,(H,14,16). The van der Waals surface area contributed by atoms with Crippen molar-refractivity contribution in [3.8, 4) is 0 Å². The number of carbonyl (C=O) groups is 1. The minimum absolute atomic E-state index is 0.0253. The van der Waals surface area contributed by atoms with E-state index in [0.717, 1.165) is 12.8 Å². The molecule has 0 fully saturated rings. The first kappa shape index (κ1) is 14.2. The predicted octanol–water partition coefficient (Wildman–Crippen LogP) is 3.28. The van der Waals surface area contributed by atoms with Gasteiger partial charge in [-0.05, 0) is 25.8 Å². The lowest BCUT2D eigenvalue weighted by molar-refractivity contribution is -0.385. The molecule has 0 saturated heterocycles. The van der Waals surface area contributed by atoms with Gasteiger partial charge in [0.25, 0.3) is 5.69 Å². The van der Waals surface area contributed by atoms with Gasteiger partial charge in [0.15, 0.2) is 0 Å². The van der Waals surface area contributed by atoms with Crippen molar-refractivity contribution in [1.82, 2.24) is 0 Å². The summed E-state index contributed by atoms with van der Waals surface area (Å²) in [6, 6.07) is 4.69. The molecule has 0 heterocycles. The molecule has 0 radical (unpaired) electrons. The number of nitro groups is 1. The Hall–Kier alpha value is -1.91. The van der Waals surface area contributed by atoms with Crippen LogP contribution in [0, 0.1) is 23.0 Å². The minimum Gasteiger partial charge on any atom is -0.325 e. The minimum atomic E-state index is -0.442. The van der Waals surface area contributed by atoms with Crippen molar-refractivity contribution < 1.29 is 9.72 Å². The van der Waals surface area contributed by atoms with Crippen LogP contribution < -0.4 is 5.32 Å². The zero-order valence-corrected chi connectivity index (χ0v) is 10.9. The highest BCUT2D eigenvalue weighted by molar-refractivity contribution is 5.93. The Morgan fingerprint density at radius 2 is 2.00 bits per heavy atom. The SMILES string of the molecule is CCC(CC)C(=O)Nc1cccc([N+](=O)[O-])c1C. The van der Waals surface area contributed by atoms with Crippen molar-refractivity contribution in [2.75, 3.05) is 5.32 Å². The van der Waals surface area contributed by atoms with Gasteiger partial charge in [0, 0.05) is 12.0 Å². The highest BCUT2D eigenvalue weighted by atomic mass is 16.6. The summed E-state index contributed by atoms with van der Waals surface area (Å²) in [5, 5.41) is 13.6. The summed E-state index contributed by atoms with van der Waals surface area (Å²) in [5.41, 5.74) is 1.03. The molecular formula is C13H18N2O3. The van der Waals surface area contributed by atoms with Crippen LogP contribution in [0.2, 0.25) is 0 Å². The average Bonchev–Trinajstić information content (AvgIpc) is 2.33. The molecule has 0 aromatic heterocycles. The molecule has 0 atom stereocenters. The maximum absolute atomic E-state index is 11.9. The highest BCUT2D eigenvalue weighted by Gasteiger charge is 2.18. The summed E-state index contributed by atoms with van der Waals surface area (Å²) in [7, 11) is 0. The zero-order chi connectivity index (χ0) is 13.7. The quantitative estimate of drug-likeness (QED) is 0.643. The lowest BCUT2D eigenvalue weighted by Gasteiger charge is -2.14. The van der Waals surface area contributed by atoms with E-state index >= 15 is 0 Å². The van der Waals surface area contributed by atoms with Crippen LogP contribution in [0.3, 0.4) is 0 Å². The molecule has 1 amide bonds. The summed E-state index contributed by atoms with van der Waals surface area (Å²) in [6.45, 7) is 5.54. The molecule has 0 saturated carbocycles. The maximum atomic E-state index is 11.9. The number of nitrogens with zero attached hydrogens (tertiary/aromatic N) is 1. The number of anilines is 1. The van der Waals surface area contributed by atoms with Gasteiger partial charge in [0.05, 0.1) is 16.2 Å². The van der Waals surface area contributed by atoms with E-state index in [9.17, 15) is 14.9 Å². The molecule has 1 N–H and O–H groups in total. The third-order valence-corrected chi connectivity index (χ3v) is 3.12. The van der Waals surface area contributed by atoms with E-state index in [1.807, 2.05) is 13.8 Å². The Kier molecular flexibility index (Phi) is 4.83. The van der Waals surface area contributed by atoms with E-state index < -0.39 is 4.92 Å². The second kappa shape index (κ2) is 6.14. The lowest BCUT2D eigenvalue weighted by Crippen LogP contribution is -2.22. The smallest absolute Gasteiger partial charge is 0.274 e. The molecule has 5 nitrogen and oxygen atoms in total. The fraction of sp³-hybridized carbons (Fsp3) is 0.462. The number of carbonyl (C=O) groups excluding carboxylic acids is 1. The van der Waals surface area contributed by atoms with Crippen LogP contribution in [-0.2, 0) is 4.79 Å². The molecule has 0 unspecified atom stereocenters. The van der Waals surface area contributed by atoms with Crippen LogP contribution in [0.4, 0.5) is 11.4 Å². The normalized spacial score (nSPS) is 10.4. The first-order valence-electron chi connectivity index (χ1n) is 6.06. The van der Waals surface area contributed by atoms with E-state index in [1.54, 1.807) is 19.1 Å². The van der Waals surface area contributed by atoms with Gasteiger partial charge in [0.1, 0.15) is 0 Å². The largest absolute Gasteiger partial charge is 0.325 e. The van der Waals surface area contributed by atoms with Crippen molar-refractivity contribution in [3.63, 3.8) is 0 Å². The summed E-state index contributed by atoms with van der Waals surface area (Å²) >= 11 is 0. The van der Waals surface area contributed by atoms with Gasteiger partial charge in [-0.1, -0.05) is 19.9 Å². The molecule has 0 aliphatic rings. The number of rotatable bonds is 5. The van der Waals surface area contributed by atoms with Crippen LogP contribution in [-0.4, -0.2) is 10.8 Å². The second-order valence-electron chi connectivity index (χ2n) is 4.21. The molecule has 5 heteroatoms.